The minimum Gasteiger partial charge on any atom is -0.382 e. The van der Waals surface area contributed by atoms with Gasteiger partial charge in [-0.3, -0.25) is 4.98 Å². The van der Waals surface area contributed by atoms with Gasteiger partial charge in [0.05, 0.1) is 18.0 Å². The maximum atomic E-state index is 9.36. The Balaban J connectivity index is 0.00000192. The van der Waals surface area contributed by atoms with Gasteiger partial charge in [-0.15, -0.1) is 12.4 Å². The maximum Gasteiger partial charge on any atom is 0.132 e. The van der Waals surface area contributed by atoms with E-state index in [-0.39, 0.29) is 18.4 Å². The summed E-state index contributed by atoms with van der Waals surface area (Å²) in [7, 11) is 0. The van der Waals surface area contributed by atoms with E-state index in [1.807, 2.05) is 60.8 Å². The fraction of sp³-hybridized carbons (Fsp3) is 0.111. The van der Waals surface area contributed by atoms with Crippen molar-refractivity contribution in [2.45, 2.75) is 6.04 Å². The normalized spacial score (nSPS) is 11.1. The number of nitrogens with zero attached hydrogens (tertiary/aromatic N) is 2. The van der Waals surface area contributed by atoms with Crippen LogP contribution in [0.4, 0.5) is 11.4 Å². The van der Waals surface area contributed by atoms with Gasteiger partial charge >= 0.3 is 0 Å². The number of nitriles is 1. The fourth-order valence-corrected chi connectivity index (χ4v) is 2.32. The molecule has 0 bridgehead atoms. The Morgan fingerprint density at radius 1 is 1.00 bits per heavy atom. The van der Waals surface area contributed by atoms with E-state index >= 15 is 0 Å². The first-order valence-corrected chi connectivity index (χ1v) is 7.14. The first-order chi connectivity index (χ1) is 10.9. The van der Waals surface area contributed by atoms with Gasteiger partial charge in [0, 0.05) is 29.2 Å². The summed E-state index contributed by atoms with van der Waals surface area (Å²) in [4.78, 5) is 4.23. The number of nitrogens with one attached hydrogen (secondary N) is 2. The van der Waals surface area contributed by atoms with E-state index in [1.54, 1.807) is 6.20 Å². The number of halogens is 1. The van der Waals surface area contributed by atoms with Crippen molar-refractivity contribution in [3.8, 4) is 6.07 Å². The Bertz CT molecular complexity index is 793. The molecule has 0 aliphatic heterocycles. The fourth-order valence-electron chi connectivity index (χ4n) is 2.32. The van der Waals surface area contributed by atoms with E-state index in [4.69, 9.17) is 0 Å². The lowest BCUT2D eigenvalue weighted by atomic mass is 10.1. The molecule has 0 aliphatic carbocycles. The molecule has 116 valence electrons. The Kier molecular flexibility index (Phi) is 5.79. The number of para-hydroxylation sites is 1. The Morgan fingerprint density at radius 3 is 2.52 bits per heavy atom. The highest BCUT2D eigenvalue weighted by atomic mass is 35.5. The van der Waals surface area contributed by atoms with Crippen LogP contribution in [0.15, 0.2) is 67.0 Å². The zero-order valence-corrected chi connectivity index (χ0v) is 13.3. The van der Waals surface area contributed by atoms with Gasteiger partial charge in [0.1, 0.15) is 6.04 Å². The Hall–Kier alpha value is -2.77. The first kappa shape index (κ1) is 16.6. The summed E-state index contributed by atoms with van der Waals surface area (Å²) in [5, 5.41) is 18.0. The van der Waals surface area contributed by atoms with Crippen LogP contribution >= 0.6 is 12.4 Å². The van der Waals surface area contributed by atoms with Crippen LogP contribution < -0.4 is 10.6 Å². The second kappa shape index (κ2) is 8.02. The van der Waals surface area contributed by atoms with Crippen LogP contribution in [-0.2, 0) is 0 Å². The van der Waals surface area contributed by atoms with Crippen LogP contribution in [-0.4, -0.2) is 17.6 Å². The number of benzene rings is 2. The molecule has 0 radical (unpaired) electrons. The van der Waals surface area contributed by atoms with Gasteiger partial charge in [0.25, 0.3) is 0 Å². The van der Waals surface area contributed by atoms with Gasteiger partial charge in [-0.1, -0.05) is 42.5 Å². The lowest BCUT2D eigenvalue weighted by molar-refractivity contribution is 0.928. The third kappa shape index (κ3) is 4.12. The van der Waals surface area contributed by atoms with Gasteiger partial charge in [-0.25, -0.2) is 0 Å². The molecule has 1 aromatic heterocycles. The number of fused-ring (bicyclic) bond motifs is 1. The molecule has 0 amide bonds. The lowest BCUT2D eigenvalue weighted by Gasteiger charge is -2.15. The predicted molar refractivity (Wildman–Crippen MR) is 96.9 cm³/mol. The topological polar surface area (TPSA) is 60.7 Å². The van der Waals surface area contributed by atoms with Crippen molar-refractivity contribution >= 4 is 34.6 Å². The molecule has 5 heteroatoms. The van der Waals surface area contributed by atoms with Gasteiger partial charge in [-0.05, 0) is 12.1 Å². The molecule has 4 nitrogen and oxygen atoms in total. The highest BCUT2D eigenvalue weighted by Gasteiger charge is 2.09. The van der Waals surface area contributed by atoms with E-state index in [2.05, 4.69) is 21.7 Å². The minimum absolute atomic E-state index is 0. The van der Waals surface area contributed by atoms with E-state index in [9.17, 15) is 5.26 Å². The molecule has 0 spiro atoms. The number of aromatic nitrogens is 1. The molecule has 2 aromatic carbocycles. The van der Waals surface area contributed by atoms with Crippen LogP contribution in [0.25, 0.3) is 10.8 Å². The van der Waals surface area contributed by atoms with Gasteiger partial charge in [0.2, 0.25) is 0 Å². The maximum absolute atomic E-state index is 9.36. The largest absolute Gasteiger partial charge is 0.382 e. The molecule has 0 saturated carbocycles. The average Bonchev–Trinajstić information content (AvgIpc) is 2.59. The second-order valence-corrected chi connectivity index (χ2v) is 4.98. The molecule has 0 fully saturated rings. The highest BCUT2D eigenvalue weighted by molar-refractivity contribution is 5.92. The van der Waals surface area contributed by atoms with Crippen molar-refractivity contribution in [2.75, 3.05) is 17.2 Å². The smallest absolute Gasteiger partial charge is 0.132 e. The van der Waals surface area contributed by atoms with Crippen molar-refractivity contribution < 1.29 is 0 Å². The monoisotopic (exact) mass is 324 g/mol. The molecule has 1 heterocycles. The van der Waals surface area contributed by atoms with Crippen LogP contribution in [0.1, 0.15) is 0 Å². The Morgan fingerprint density at radius 2 is 1.74 bits per heavy atom. The van der Waals surface area contributed by atoms with Gasteiger partial charge in [0.15, 0.2) is 0 Å². The number of hydrogen-bond acceptors (Lipinski definition) is 4. The second-order valence-electron chi connectivity index (χ2n) is 4.98. The molecule has 23 heavy (non-hydrogen) atoms. The van der Waals surface area contributed by atoms with Crippen LogP contribution in [0, 0.1) is 11.3 Å². The molecule has 1 atom stereocenters. The molecular formula is C18H17ClN4. The summed E-state index contributed by atoms with van der Waals surface area (Å²) < 4.78 is 0. The van der Waals surface area contributed by atoms with Gasteiger partial charge in [-0.2, -0.15) is 5.26 Å². The minimum atomic E-state index is -0.340. The summed E-state index contributed by atoms with van der Waals surface area (Å²) >= 11 is 0. The van der Waals surface area contributed by atoms with E-state index < -0.39 is 0 Å². The number of rotatable bonds is 5. The number of pyridine rings is 1. The van der Waals surface area contributed by atoms with Crippen LogP contribution in [0.2, 0.25) is 0 Å². The first-order valence-electron chi connectivity index (χ1n) is 7.14. The zero-order chi connectivity index (χ0) is 15.2. The molecule has 0 aliphatic rings. The molecule has 1 unspecified atom stereocenters. The van der Waals surface area contributed by atoms with Gasteiger partial charge < -0.3 is 10.6 Å². The SMILES string of the molecule is Cl.N#CC(CNc1ccccc1)Nc1cncc2ccccc12. The molecule has 2 N–H and O–H groups in total. The van der Waals surface area contributed by atoms with Crippen molar-refractivity contribution in [3.63, 3.8) is 0 Å². The van der Waals surface area contributed by atoms with Crippen molar-refractivity contribution in [3.05, 3.63) is 67.0 Å². The molecule has 3 aromatic rings. The van der Waals surface area contributed by atoms with Crippen molar-refractivity contribution in [1.82, 2.24) is 4.98 Å². The third-order valence-electron chi connectivity index (χ3n) is 3.44. The zero-order valence-electron chi connectivity index (χ0n) is 12.4. The molecule has 3 rings (SSSR count). The average molecular weight is 325 g/mol. The summed E-state index contributed by atoms with van der Waals surface area (Å²) in [6.45, 7) is 0.518. The standard InChI is InChI=1S/C18H16N4.ClH/c19-10-16(12-21-15-7-2-1-3-8-15)22-18-13-20-11-14-6-4-5-9-17(14)18;/h1-9,11,13,16,21-22H,12H2;1H. The van der Waals surface area contributed by atoms with Crippen molar-refractivity contribution in [2.24, 2.45) is 0 Å². The van der Waals surface area contributed by atoms with E-state index in [0.717, 1.165) is 22.1 Å². The summed E-state index contributed by atoms with van der Waals surface area (Å²) in [6, 6.07) is 19.8. The number of anilines is 2. The molecular weight excluding hydrogens is 308 g/mol. The van der Waals surface area contributed by atoms with E-state index in [1.165, 1.54) is 0 Å². The van der Waals surface area contributed by atoms with Crippen LogP contribution in [0.5, 0.6) is 0 Å². The summed E-state index contributed by atoms with van der Waals surface area (Å²) in [6.07, 6.45) is 3.58. The Labute approximate surface area is 141 Å². The molecule has 0 saturated heterocycles. The number of hydrogen-bond donors (Lipinski definition) is 2. The van der Waals surface area contributed by atoms with E-state index in [0.29, 0.717) is 6.54 Å². The third-order valence-corrected chi connectivity index (χ3v) is 3.44. The lowest BCUT2D eigenvalue weighted by Crippen LogP contribution is -2.26. The summed E-state index contributed by atoms with van der Waals surface area (Å²) in [5.74, 6) is 0. The van der Waals surface area contributed by atoms with Crippen LogP contribution in [0.3, 0.4) is 0 Å². The summed E-state index contributed by atoms with van der Waals surface area (Å²) in [5.41, 5.74) is 1.88. The quantitative estimate of drug-likeness (QED) is 0.742. The van der Waals surface area contributed by atoms with Crippen molar-refractivity contribution in [1.29, 1.82) is 5.26 Å². The highest BCUT2D eigenvalue weighted by Crippen LogP contribution is 2.22. The predicted octanol–water partition coefficient (Wildman–Crippen LogP) is 4.07.